The van der Waals surface area contributed by atoms with Crippen molar-refractivity contribution in [2.45, 2.75) is 56.8 Å². The van der Waals surface area contributed by atoms with E-state index in [0.717, 1.165) is 32.8 Å². The maximum Gasteiger partial charge on any atom is 0.315 e. The number of carbonyl (C=O) groups is 3. The van der Waals surface area contributed by atoms with Crippen LogP contribution < -0.4 is 26.6 Å². The molecule has 40 heavy (non-hydrogen) atoms. The van der Waals surface area contributed by atoms with Gasteiger partial charge in [-0.05, 0) is 55.2 Å². The summed E-state index contributed by atoms with van der Waals surface area (Å²) < 4.78 is 0. The van der Waals surface area contributed by atoms with Crippen LogP contribution in [0.1, 0.15) is 38.3 Å². The Balaban J connectivity index is 1.54. The third-order valence-corrected chi connectivity index (χ3v) is 7.63. The Bertz CT molecular complexity index is 1350. The zero-order valence-corrected chi connectivity index (χ0v) is 24.0. The number of amides is 4. The van der Waals surface area contributed by atoms with E-state index in [0.29, 0.717) is 25.4 Å². The van der Waals surface area contributed by atoms with Gasteiger partial charge in [-0.2, -0.15) is 0 Å². The van der Waals surface area contributed by atoms with Crippen molar-refractivity contribution in [3.63, 3.8) is 0 Å². The van der Waals surface area contributed by atoms with Crippen LogP contribution in [0.5, 0.6) is 0 Å². The van der Waals surface area contributed by atoms with Crippen molar-refractivity contribution in [3.8, 4) is 11.1 Å². The third-order valence-electron chi connectivity index (χ3n) is 6.48. The minimum Gasteiger partial charge on any atom is -0.343 e. The van der Waals surface area contributed by atoms with Gasteiger partial charge >= 0.3 is 6.03 Å². The molecule has 0 aliphatic carbocycles. The van der Waals surface area contributed by atoms with Crippen molar-refractivity contribution in [2.75, 3.05) is 17.2 Å². The second-order valence-corrected chi connectivity index (χ2v) is 11.6. The Morgan fingerprint density at radius 2 is 1.70 bits per heavy atom. The molecule has 1 atom stereocenters. The Labute approximate surface area is 240 Å². The van der Waals surface area contributed by atoms with Gasteiger partial charge in [-0.1, -0.05) is 60.7 Å². The molecule has 0 saturated heterocycles. The van der Waals surface area contributed by atoms with Crippen LogP contribution in [0.4, 0.5) is 10.5 Å². The van der Waals surface area contributed by atoms with Crippen LogP contribution >= 0.6 is 11.8 Å². The number of hydrogen-bond donors (Lipinski definition) is 4. The van der Waals surface area contributed by atoms with Gasteiger partial charge in [-0.3, -0.25) is 9.59 Å². The van der Waals surface area contributed by atoms with Crippen LogP contribution in [0.15, 0.2) is 77.7 Å². The molecule has 5 N–H and O–H groups in total. The monoisotopic (exact) mass is 559 g/mol. The van der Waals surface area contributed by atoms with Crippen molar-refractivity contribution in [1.29, 1.82) is 0 Å². The molecule has 0 aromatic heterocycles. The molecule has 4 amide bonds. The zero-order valence-electron chi connectivity index (χ0n) is 23.2. The zero-order chi connectivity index (χ0) is 28.7. The SMILES string of the molecule is CCNC(=O)NCc1ccccc1-c1ccc(CN2C(=O)[C@H](NC(=O)CC(C)(C)N)CSc3ccccc32)cc1. The van der Waals surface area contributed by atoms with Crippen molar-refractivity contribution in [1.82, 2.24) is 16.0 Å². The number of para-hydroxylation sites is 1. The number of carbonyl (C=O) groups excluding carboxylic acids is 3. The first kappa shape index (κ1) is 29.2. The topological polar surface area (TPSA) is 117 Å². The number of urea groups is 1. The molecule has 0 radical (unpaired) electrons. The maximum atomic E-state index is 13.7. The Morgan fingerprint density at radius 3 is 2.42 bits per heavy atom. The maximum absolute atomic E-state index is 13.7. The number of thioether (sulfide) groups is 1. The fourth-order valence-corrected chi connectivity index (χ4v) is 5.68. The van der Waals surface area contributed by atoms with Crippen molar-refractivity contribution >= 4 is 35.3 Å². The molecule has 0 saturated carbocycles. The van der Waals surface area contributed by atoms with Gasteiger partial charge in [0.2, 0.25) is 5.91 Å². The lowest BCUT2D eigenvalue weighted by Gasteiger charge is -2.27. The summed E-state index contributed by atoms with van der Waals surface area (Å²) in [6, 6.07) is 23.0. The van der Waals surface area contributed by atoms with Crippen molar-refractivity contribution in [2.24, 2.45) is 5.73 Å². The molecule has 0 fully saturated rings. The number of nitrogens with zero attached hydrogens (tertiary/aromatic N) is 1. The predicted octanol–water partition coefficient (Wildman–Crippen LogP) is 4.42. The molecule has 4 rings (SSSR count). The van der Waals surface area contributed by atoms with E-state index in [1.165, 1.54) is 0 Å². The highest BCUT2D eigenvalue weighted by Gasteiger charge is 2.32. The van der Waals surface area contributed by atoms with Gasteiger partial charge in [0.1, 0.15) is 6.04 Å². The van der Waals surface area contributed by atoms with Crippen LogP contribution in [-0.2, 0) is 22.7 Å². The van der Waals surface area contributed by atoms with E-state index in [1.54, 1.807) is 30.5 Å². The number of benzene rings is 3. The average molecular weight is 560 g/mol. The second-order valence-electron chi connectivity index (χ2n) is 10.6. The van der Waals surface area contributed by atoms with Gasteiger partial charge in [-0.15, -0.1) is 11.8 Å². The molecule has 1 heterocycles. The number of anilines is 1. The third kappa shape index (κ3) is 7.64. The van der Waals surface area contributed by atoms with Crippen LogP contribution in [0.3, 0.4) is 0 Å². The van der Waals surface area contributed by atoms with E-state index in [2.05, 4.69) is 16.0 Å². The Kier molecular flexibility index (Phi) is 9.50. The van der Waals surface area contributed by atoms with Crippen molar-refractivity contribution in [3.05, 3.63) is 83.9 Å². The molecule has 9 heteroatoms. The lowest BCUT2D eigenvalue weighted by molar-refractivity contribution is -0.127. The molecule has 210 valence electrons. The summed E-state index contributed by atoms with van der Waals surface area (Å²) >= 11 is 1.56. The summed E-state index contributed by atoms with van der Waals surface area (Å²) in [5.41, 5.74) is 10.2. The Morgan fingerprint density at radius 1 is 1.00 bits per heavy atom. The first-order chi connectivity index (χ1) is 19.1. The predicted molar refractivity (Wildman–Crippen MR) is 161 cm³/mol. The van der Waals surface area contributed by atoms with E-state index in [-0.39, 0.29) is 24.3 Å². The summed E-state index contributed by atoms with van der Waals surface area (Å²) in [6.45, 7) is 6.81. The van der Waals surface area contributed by atoms with Gasteiger partial charge in [-0.25, -0.2) is 4.79 Å². The molecule has 1 aliphatic heterocycles. The smallest absolute Gasteiger partial charge is 0.315 e. The van der Waals surface area contributed by atoms with E-state index in [1.807, 2.05) is 79.7 Å². The summed E-state index contributed by atoms with van der Waals surface area (Å²) in [6.07, 6.45) is 0.135. The van der Waals surface area contributed by atoms with E-state index in [9.17, 15) is 14.4 Å². The molecule has 0 spiro atoms. The van der Waals surface area contributed by atoms with E-state index in [4.69, 9.17) is 5.73 Å². The second kappa shape index (κ2) is 13.0. The van der Waals surface area contributed by atoms with Crippen LogP contribution in [0.2, 0.25) is 0 Å². The largest absolute Gasteiger partial charge is 0.343 e. The van der Waals surface area contributed by atoms with Gasteiger partial charge < -0.3 is 26.6 Å². The fourth-order valence-electron chi connectivity index (χ4n) is 4.61. The molecule has 0 bridgehead atoms. The van der Waals surface area contributed by atoms with Gasteiger partial charge in [0.05, 0.1) is 12.2 Å². The van der Waals surface area contributed by atoms with Crippen molar-refractivity contribution < 1.29 is 14.4 Å². The standard InChI is InChI=1S/C31H37N5O3S/c1-4-33-30(39)34-18-23-9-5-6-10-24(23)22-15-13-21(14-16-22)19-36-26-11-7-8-12-27(26)40-20-25(29(36)38)35-28(37)17-31(2,3)32/h5-16,25H,4,17-20,32H2,1-3H3,(H,35,37)(H2,33,34,39)/t25-/m1/s1. The molecular weight excluding hydrogens is 522 g/mol. The van der Waals surface area contributed by atoms with E-state index < -0.39 is 11.6 Å². The molecule has 1 aliphatic rings. The van der Waals surface area contributed by atoms with Crippen LogP contribution in [0.25, 0.3) is 11.1 Å². The first-order valence-electron chi connectivity index (χ1n) is 13.4. The van der Waals surface area contributed by atoms with Gasteiger partial charge in [0.15, 0.2) is 0 Å². The lowest BCUT2D eigenvalue weighted by Crippen LogP contribution is -2.51. The highest BCUT2D eigenvalue weighted by atomic mass is 32.2. The normalized spacial score (nSPS) is 15.2. The summed E-state index contributed by atoms with van der Waals surface area (Å²) in [5, 5.41) is 8.55. The lowest BCUT2D eigenvalue weighted by atomic mass is 9.98. The number of hydrogen-bond acceptors (Lipinski definition) is 5. The quantitative estimate of drug-likeness (QED) is 0.310. The highest BCUT2D eigenvalue weighted by Crippen LogP contribution is 2.35. The van der Waals surface area contributed by atoms with E-state index >= 15 is 0 Å². The molecule has 3 aromatic rings. The summed E-state index contributed by atoms with van der Waals surface area (Å²) in [5.74, 6) is 0.0665. The fraction of sp³-hybridized carbons (Fsp3) is 0.323. The van der Waals surface area contributed by atoms with Crippen LogP contribution in [0, 0.1) is 0 Å². The highest BCUT2D eigenvalue weighted by molar-refractivity contribution is 7.99. The minimum atomic E-state index is -0.661. The number of nitrogens with two attached hydrogens (primary N) is 1. The van der Waals surface area contributed by atoms with Gasteiger partial charge in [0.25, 0.3) is 5.91 Å². The average Bonchev–Trinajstić information content (AvgIpc) is 3.04. The number of fused-ring (bicyclic) bond motifs is 1. The molecule has 8 nitrogen and oxygen atoms in total. The summed E-state index contributed by atoms with van der Waals surface area (Å²) in [7, 11) is 0. The number of nitrogens with one attached hydrogen (secondary N) is 3. The summed E-state index contributed by atoms with van der Waals surface area (Å²) in [4.78, 5) is 41.0. The van der Waals surface area contributed by atoms with Gasteiger partial charge in [0, 0.05) is 35.7 Å². The Hall–Kier alpha value is -3.82. The first-order valence-corrected chi connectivity index (χ1v) is 14.4. The molecule has 3 aromatic carbocycles. The van der Waals surface area contributed by atoms with Crippen LogP contribution in [-0.4, -0.2) is 41.7 Å². The number of rotatable bonds is 9. The molecule has 0 unspecified atom stereocenters. The molecular formula is C31H37N5O3S. The minimum absolute atomic E-state index is 0.135.